The highest BCUT2D eigenvalue weighted by molar-refractivity contribution is 5.52. The second-order valence-electron chi connectivity index (χ2n) is 4.76. The van der Waals surface area contributed by atoms with Crippen LogP contribution in [0.3, 0.4) is 0 Å². The van der Waals surface area contributed by atoms with E-state index in [1.807, 2.05) is 26.8 Å². The van der Waals surface area contributed by atoms with Gasteiger partial charge in [-0.25, -0.2) is 0 Å². The summed E-state index contributed by atoms with van der Waals surface area (Å²) in [7, 11) is 1.59. The van der Waals surface area contributed by atoms with Crippen molar-refractivity contribution in [1.29, 1.82) is 0 Å². The molecule has 0 aliphatic heterocycles. The van der Waals surface area contributed by atoms with E-state index >= 15 is 0 Å². The van der Waals surface area contributed by atoms with Crippen molar-refractivity contribution in [2.24, 2.45) is 5.41 Å². The van der Waals surface area contributed by atoms with Gasteiger partial charge in [0.25, 0.3) is 0 Å². The van der Waals surface area contributed by atoms with Crippen molar-refractivity contribution in [2.75, 3.05) is 12.8 Å². The molecule has 1 atom stereocenters. The molecule has 0 amide bonds. The van der Waals surface area contributed by atoms with Crippen LogP contribution in [0.4, 0.5) is 5.69 Å². The predicted molar refractivity (Wildman–Crippen MR) is 61.8 cm³/mol. The number of aliphatic hydroxyl groups is 1. The zero-order valence-corrected chi connectivity index (χ0v) is 9.74. The first-order valence-electron chi connectivity index (χ1n) is 4.97. The maximum absolute atomic E-state index is 10.1. The van der Waals surface area contributed by atoms with E-state index in [2.05, 4.69) is 0 Å². The first kappa shape index (κ1) is 11.9. The van der Waals surface area contributed by atoms with Gasteiger partial charge in [0.2, 0.25) is 0 Å². The fourth-order valence-corrected chi connectivity index (χ4v) is 1.40. The van der Waals surface area contributed by atoms with Gasteiger partial charge in [-0.3, -0.25) is 0 Å². The van der Waals surface area contributed by atoms with Crippen LogP contribution in [0.15, 0.2) is 18.2 Å². The minimum atomic E-state index is -0.566. The van der Waals surface area contributed by atoms with E-state index in [0.717, 1.165) is 5.56 Å². The Morgan fingerprint density at radius 1 is 1.33 bits per heavy atom. The first-order chi connectivity index (χ1) is 6.86. The lowest BCUT2D eigenvalue weighted by Crippen LogP contribution is -2.19. The number of hydrogen-bond donors (Lipinski definition) is 2. The lowest BCUT2D eigenvalue weighted by molar-refractivity contribution is 0.0633. The molecule has 0 radical (unpaired) electrons. The highest BCUT2D eigenvalue weighted by Crippen LogP contribution is 2.36. The van der Waals surface area contributed by atoms with Crippen LogP contribution in [0, 0.1) is 5.41 Å². The average molecular weight is 209 g/mol. The van der Waals surface area contributed by atoms with Crippen molar-refractivity contribution in [3.63, 3.8) is 0 Å². The van der Waals surface area contributed by atoms with E-state index in [9.17, 15) is 5.11 Å². The van der Waals surface area contributed by atoms with Crippen molar-refractivity contribution in [3.8, 4) is 5.75 Å². The van der Waals surface area contributed by atoms with Gasteiger partial charge in [-0.1, -0.05) is 26.8 Å². The molecule has 0 aromatic heterocycles. The van der Waals surface area contributed by atoms with E-state index in [1.54, 1.807) is 19.2 Å². The molecule has 0 saturated carbocycles. The van der Waals surface area contributed by atoms with Crippen LogP contribution in [0.1, 0.15) is 32.4 Å². The molecule has 0 saturated heterocycles. The number of nitrogens with two attached hydrogens (primary N) is 1. The van der Waals surface area contributed by atoms with Gasteiger partial charge in [0, 0.05) is 17.3 Å². The zero-order valence-electron chi connectivity index (χ0n) is 9.74. The number of aliphatic hydroxyl groups excluding tert-OH is 1. The average Bonchev–Trinajstić information content (AvgIpc) is 2.15. The monoisotopic (exact) mass is 209 g/mol. The Kier molecular flexibility index (Phi) is 3.25. The van der Waals surface area contributed by atoms with Crippen molar-refractivity contribution in [2.45, 2.75) is 26.9 Å². The number of nitrogen functional groups attached to an aromatic ring is 1. The summed E-state index contributed by atoms with van der Waals surface area (Å²) in [5.41, 5.74) is 6.95. The smallest absolute Gasteiger partial charge is 0.120 e. The highest BCUT2D eigenvalue weighted by atomic mass is 16.5. The number of benzene rings is 1. The Labute approximate surface area is 90.9 Å². The lowest BCUT2D eigenvalue weighted by atomic mass is 9.84. The maximum Gasteiger partial charge on any atom is 0.120 e. The third-order valence-corrected chi connectivity index (χ3v) is 2.41. The molecule has 1 rings (SSSR count). The topological polar surface area (TPSA) is 55.5 Å². The molecule has 1 aromatic rings. The molecule has 0 fully saturated rings. The molecule has 84 valence electrons. The molecule has 0 aliphatic carbocycles. The molecule has 0 heterocycles. The van der Waals surface area contributed by atoms with E-state index in [4.69, 9.17) is 10.5 Å². The van der Waals surface area contributed by atoms with Crippen LogP contribution in [-0.2, 0) is 0 Å². The highest BCUT2D eigenvalue weighted by Gasteiger charge is 2.25. The molecule has 0 aliphatic rings. The van der Waals surface area contributed by atoms with Gasteiger partial charge in [-0.2, -0.15) is 0 Å². The first-order valence-corrected chi connectivity index (χ1v) is 4.97. The summed E-state index contributed by atoms with van der Waals surface area (Å²) in [6.45, 7) is 5.92. The summed E-state index contributed by atoms with van der Waals surface area (Å²) in [5.74, 6) is 0.706. The second-order valence-corrected chi connectivity index (χ2v) is 4.76. The molecule has 3 heteroatoms. The molecule has 1 unspecified atom stereocenters. The fraction of sp³-hybridized carbons (Fsp3) is 0.500. The SMILES string of the molecule is COc1ccc(C(O)C(C)(C)C)c(N)c1. The number of hydrogen-bond acceptors (Lipinski definition) is 3. The van der Waals surface area contributed by atoms with Crippen LogP contribution < -0.4 is 10.5 Å². The van der Waals surface area contributed by atoms with Gasteiger partial charge >= 0.3 is 0 Å². The summed E-state index contributed by atoms with van der Waals surface area (Å²) in [5, 5.41) is 10.1. The summed E-state index contributed by atoms with van der Waals surface area (Å²) in [4.78, 5) is 0. The quantitative estimate of drug-likeness (QED) is 0.735. The molecular weight excluding hydrogens is 190 g/mol. The third kappa shape index (κ3) is 2.63. The summed E-state index contributed by atoms with van der Waals surface area (Å²) in [6, 6.07) is 5.34. The Balaban J connectivity index is 3.06. The van der Waals surface area contributed by atoms with Gasteiger partial charge in [0.15, 0.2) is 0 Å². The Morgan fingerprint density at radius 3 is 2.33 bits per heavy atom. The van der Waals surface area contributed by atoms with Crippen molar-refractivity contribution >= 4 is 5.69 Å². The van der Waals surface area contributed by atoms with Crippen LogP contribution in [-0.4, -0.2) is 12.2 Å². The minimum Gasteiger partial charge on any atom is -0.497 e. The molecule has 0 bridgehead atoms. The van der Waals surface area contributed by atoms with Crippen LogP contribution in [0.5, 0.6) is 5.75 Å². The summed E-state index contributed by atoms with van der Waals surface area (Å²) < 4.78 is 5.05. The van der Waals surface area contributed by atoms with Crippen molar-refractivity contribution in [3.05, 3.63) is 23.8 Å². The van der Waals surface area contributed by atoms with Gasteiger partial charge in [-0.05, 0) is 11.5 Å². The van der Waals surface area contributed by atoms with Gasteiger partial charge in [0.05, 0.1) is 13.2 Å². The summed E-state index contributed by atoms with van der Waals surface area (Å²) in [6.07, 6.45) is -0.566. The molecule has 1 aromatic carbocycles. The summed E-state index contributed by atoms with van der Waals surface area (Å²) >= 11 is 0. The van der Waals surface area contributed by atoms with E-state index in [1.165, 1.54) is 0 Å². The predicted octanol–water partition coefficient (Wildman–Crippen LogP) is 2.36. The van der Waals surface area contributed by atoms with Gasteiger partial charge in [-0.15, -0.1) is 0 Å². The zero-order chi connectivity index (χ0) is 11.6. The van der Waals surface area contributed by atoms with Crippen molar-refractivity contribution < 1.29 is 9.84 Å². The number of anilines is 1. The number of ether oxygens (including phenoxy) is 1. The van der Waals surface area contributed by atoms with Gasteiger partial charge in [0.1, 0.15) is 5.75 Å². The second kappa shape index (κ2) is 4.11. The standard InChI is InChI=1S/C12H19NO2/c1-12(2,3)11(14)9-6-5-8(15-4)7-10(9)13/h5-7,11,14H,13H2,1-4H3. The molecular formula is C12H19NO2. The molecule has 0 spiro atoms. The Bertz CT molecular complexity index is 342. The van der Waals surface area contributed by atoms with Crippen LogP contribution in [0.25, 0.3) is 0 Å². The number of rotatable bonds is 2. The van der Waals surface area contributed by atoms with Crippen molar-refractivity contribution in [1.82, 2.24) is 0 Å². The minimum absolute atomic E-state index is 0.220. The van der Waals surface area contributed by atoms with Gasteiger partial charge < -0.3 is 15.6 Å². The Hall–Kier alpha value is -1.22. The largest absolute Gasteiger partial charge is 0.497 e. The van der Waals surface area contributed by atoms with E-state index < -0.39 is 6.10 Å². The molecule has 3 N–H and O–H groups in total. The molecule has 15 heavy (non-hydrogen) atoms. The third-order valence-electron chi connectivity index (χ3n) is 2.41. The van der Waals surface area contributed by atoms with E-state index in [0.29, 0.717) is 11.4 Å². The normalized spacial score (nSPS) is 13.7. The number of methoxy groups -OCH3 is 1. The Morgan fingerprint density at radius 2 is 1.93 bits per heavy atom. The van der Waals surface area contributed by atoms with Crippen LogP contribution >= 0.6 is 0 Å². The van der Waals surface area contributed by atoms with Crippen LogP contribution in [0.2, 0.25) is 0 Å². The molecule has 3 nitrogen and oxygen atoms in total. The maximum atomic E-state index is 10.1. The lowest BCUT2D eigenvalue weighted by Gasteiger charge is -2.27. The fourth-order valence-electron chi connectivity index (χ4n) is 1.40. The van der Waals surface area contributed by atoms with E-state index in [-0.39, 0.29) is 5.41 Å².